The number of rotatable bonds is 6. The number of aromatic nitrogens is 1. The summed E-state index contributed by atoms with van der Waals surface area (Å²) in [7, 11) is 1.55. The molecule has 0 aromatic carbocycles. The third-order valence-electron chi connectivity index (χ3n) is 2.70. The molecule has 0 saturated heterocycles. The Bertz CT molecular complexity index is 432. The van der Waals surface area contributed by atoms with Gasteiger partial charge in [-0.15, -0.1) is 0 Å². The maximum absolute atomic E-state index is 11.5. The maximum atomic E-state index is 11.5. The van der Waals surface area contributed by atoms with Crippen molar-refractivity contribution in [1.82, 2.24) is 10.3 Å². The molecular weight excluding hydrogens is 232 g/mol. The normalized spacial score (nSPS) is 14.1. The summed E-state index contributed by atoms with van der Waals surface area (Å²) in [6, 6.07) is 3.82. The molecule has 6 heteroatoms. The summed E-state index contributed by atoms with van der Waals surface area (Å²) in [5.41, 5.74) is 6.31. The van der Waals surface area contributed by atoms with Crippen molar-refractivity contribution in [1.29, 1.82) is 0 Å². The van der Waals surface area contributed by atoms with Gasteiger partial charge in [-0.05, 0) is 18.9 Å². The SMILES string of the molecule is COc1ccc(N)c(NCCC(=O)NC2CC2)n1. The molecule has 0 aliphatic heterocycles. The zero-order valence-corrected chi connectivity index (χ0v) is 10.4. The molecule has 1 saturated carbocycles. The predicted octanol–water partition coefficient (Wildman–Crippen LogP) is 0.753. The average Bonchev–Trinajstić information content (AvgIpc) is 3.15. The first-order valence-electron chi connectivity index (χ1n) is 6.03. The third-order valence-corrected chi connectivity index (χ3v) is 2.70. The standard InChI is InChI=1S/C12H18N4O2/c1-18-11-5-4-9(13)12(16-11)14-7-6-10(17)15-8-2-3-8/h4-5,8H,2-3,6-7,13H2,1H3,(H,14,16)(H,15,17). The number of nitrogens with two attached hydrogens (primary N) is 1. The Labute approximate surface area is 106 Å². The second-order valence-corrected chi connectivity index (χ2v) is 4.31. The lowest BCUT2D eigenvalue weighted by Gasteiger charge is -2.09. The van der Waals surface area contributed by atoms with Crippen molar-refractivity contribution in [2.45, 2.75) is 25.3 Å². The average molecular weight is 250 g/mol. The zero-order chi connectivity index (χ0) is 13.0. The van der Waals surface area contributed by atoms with Crippen molar-refractivity contribution in [2.75, 3.05) is 24.7 Å². The number of hydrogen-bond donors (Lipinski definition) is 3. The summed E-state index contributed by atoms with van der Waals surface area (Å²) in [5.74, 6) is 1.11. The van der Waals surface area contributed by atoms with Gasteiger partial charge in [-0.1, -0.05) is 0 Å². The van der Waals surface area contributed by atoms with Gasteiger partial charge in [0.1, 0.15) is 0 Å². The number of nitrogens with zero attached hydrogens (tertiary/aromatic N) is 1. The van der Waals surface area contributed by atoms with Crippen LogP contribution in [0.2, 0.25) is 0 Å². The highest BCUT2D eigenvalue weighted by molar-refractivity contribution is 5.77. The van der Waals surface area contributed by atoms with E-state index in [1.165, 1.54) is 0 Å². The number of pyridine rings is 1. The van der Waals surface area contributed by atoms with Crippen molar-refractivity contribution in [3.63, 3.8) is 0 Å². The molecule has 1 fully saturated rings. The smallest absolute Gasteiger partial charge is 0.221 e. The largest absolute Gasteiger partial charge is 0.481 e. The number of ether oxygens (including phenoxy) is 1. The van der Waals surface area contributed by atoms with Crippen molar-refractivity contribution in [2.24, 2.45) is 0 Å². The van der Waals surface area contributed by atoms with Crippen molar-refractivity contribution in [3.05, 3.63) is 12.1 Å². The molecule has 0 bridgehead atoms. The van der Waals surface area contributed by atoms with Gasteiger partial charge >= 0.3 is 0 Å². The number of anilines is 2. The Morgan fingerprint density at radius 2 is 2.33 bits per heavy atom. The van der Waals surface area contributed by atoms with Gasteiger partial charge in [-0.2, -0.15) is 4.98 Å². The van der Waals surface area contributed by atoms with Gasteiger partial charge in [0.05, 0.1) is 12.8 Å². The van der Waals surface area contributed by atoms with E-state index in [1.807, 2.05) is 0 Å². The topological polar surface area (TPSA) is 89.3 Å². The first-order valence-corrected chi connectivity index (χ1v) is 6.03. The molecule has 0 atom stereocenters. The number of nitrogens with one attached hydrogen (secondary N) is 2. The van der Waals surface area contributed by atoms with Gasteiger partial charge < -0.3 is 21.1 Å². The molecule has 1 aromatic rings. The molecule has 6 nitrogen and oxygen atoms in total. The highest BCUT2D eigenvalue weighted by atomic mass is 16.5. The van der Waals surface area contributed by atoms with E-state index in [9.17, 15) is 4.79 Å². The van der Waals surface area contributed by atoms with Crippen LogP contribution in [-0.2, 0) is 4.79 Å². The van der Waals surface area contributed by atoms with E-state index in [-0.39, 0.29) is 5.91 Å². The zero-order valence-electron chi connectivity index (χ0n) is 10.4. The van der Waals surface area contributed by atoms with E-state index in [0.717, 1.165) is 12.8 Å². The van der Waals surface area contributed by atoms with Crippen LogP contribution in [0.25, 0.3) is 0 Å². The molecular formula is C12H18N4O2. The molecule has 98 valence electrons. The van der Waals surface area contributed by atoms with Crippen LogP contribution < -0.4 is 21.1 Å². The van der Waals surface area contributed by atoms with E-state index < -0.39 is 0 Å². The summed E-state index contributed by atoms with van der Waals surface area (Å²) in [5, 5.41) is 5.96. The van der Waals surface area contributed by atoms with Gasteiger partial charge in [0.15, 0.2) is 5.82 Å². The molecule has 0 unspecified atom stereocenters. The molecule has 18 heavy (non-hydrogen) atoms. The Morgan fingerprint density at radius 1 is 1.56 bits per heavy atom. The number of amides is 1. The van der Waals surface area contributed by atoms with Gasteiger partial charge in [-0.25, -0.2) is 0 Å². The number of carbonyl (C=O) groups is 1. The lowest BCUT2D eigenvalue weighted by atomic mass is 10.3. The van der Waals surface area contributed by atoms with Crippen LogP contribution in [0.5, 0.6) is 5.88 Å². The Morgan fingerprint density at radius 3 is 3.00 bits per heavy atom. The van der Waals surface area contributed by atoms with Gasteiger partial charge in [0, 0.05) is 25.1 Å². The highest BCUT2D eigenvalue weighted by Crippen LogP contribution is 2.20. The van der Waals surface area contributed by atoms with E-state index in [2.05, 4.69) is 15.6 Å². The Kier molecular flexibility index (Phi) is 3.86. The molecule has 1 aliphatic rings. The second-order valence-electron chi connectivity index (χ2n) is 4.31. The number of hydrogen-bond acceptors (Lipinski definition) is 5. The van der Waals surface area contributed by atoms with E-state index in [4.69, 9.17) is 10.5 Å². The Balaban J connectivity index is 1.79. The molecule has 0 spiro atoms. The maximum Gasteiger partial charge on any atom is 0.221 e. The molecule has 4 N–H and O–H groups in total. The van der Waals surface area contributed by atoms with Crippen LogP contribution >= 0.6 is 0 Å². The Hall–Kier alpha value is -1.98. The van der Waals surface area contributed by atoms with Crippen LogP contribution in [0, 0.1) is 0 Å². The van der Waals surface area contributed by atoms with E-state index >= 15 is 0 Å². The van der Waals surface area contributed by atoms with Crippen LogP contribution in [0.1, 0.15) is 19.3 Å². The lowest BCUT2D eigenvalue weighted by Crippen LogP contribution is -2.27. The van der Waals surface area contributed by atoms with E-state index in [1.54, 1.807) is 19.2 Å². The van der Waals surface area contributed by atoms with Crippen LogP contribution in [0.4, 0.5) is 11.5 Å². The third kappa shape index (κ3) is 3.51. The van der Waals surface area contributed by atoms with Crippen molar-refractivity contribution in [3.8, 4) is 5.88 Å². The fourth-order valence-electron chi connectivity index (χ4n) is 1.53. The molecule has 0 radical (unpaired) electrons. The van der Waals surface area contributed by atoms with Crippen LogP contribution in [-0.4, -0.2) is 30.6 Å². The molecule has 1 amide bonds. The first kappa shape index (κ1) is 12.5. The van der Waals surface area contributed by atoms with Gasteiger partial charge in [-0.3, -0.25) is 4.79 Å². The highest BCUT2D eigenvalue weighted by Gasteiger charge is 2.22. The summed E-state index contributed by atoms with van der Waals surface area (Å²) >= 11 is 0. The molecule has 2 rings (SSSR count). The fourth-order valence-corrected chi connectivity index (χ4v) is 1.53. The minimum absolute atomic E-state index is 0.0615. The first-order chi connectivity index (χ1) is 8.69. The van der Waals surface area contributed by atoms with Crippen molar-refractivity contribution >= 4 is 17.4 Å². The minimum atomic E-state index is 0.0615. The number of nitrogen functional groups attached to an aromatic ring is 1. The van der Waals surface area contributed by atoms with E-state index in [0.29, 0.717) is 36.4 Å². The summed E-state index contributed by atoms with van der Waals surface area (Å²) in [4.78, 5) is 15.6. The van der Waals surface area contributed by atoms with Crippen LogP contribution in [0.3, 0.4) is 0 Å². The number of methoxy groups -OCH3 is 1. The summed E-state index contributed by atoms with van der Waals surface area (Å²) in [6.07, 6.45) is 2.61. The van der Waals surface area contributed by atoms with Gasteiger partial charge in [0.2, 0.25) is 11.8 Å². The minimum Gasteiger partial charge on any atom is -0.481 e. The predicted molar refractivity (Wildman–Crippen MR) is 69.5 cm³/mol. The fraction of sp³-hybridized carbons (Fsp3) is 0.500. The quantitative estimate of drug-likeness (QED) is 0.693. The molecule has 1 aliphatic carbocycles. The number of carbonyl (C=O) groups excluding carboxylic acids is 1. The van der Waals surface area contributed by atoms with Gasteiger partial charge in [0.25, 0.3) is 0 Å². The molecule has 1 aromatic heterocycles. The second kappa shape index (κ2) is 5.57. The lowest BCUT2D eigenvalue weighted by molar-refractivity contribution is -0.120. The van der Waals surface area contributed by atoms with Crippen molar-refractivity contribution < 1.29 is 9.53 Å². The summed E-state index contributed by atoms with van der Waals surface area (Å²) in [6.45, 7) is 0.503. The molecule has 1 heterocycles. The van der Waals surface area contributed by atoms with Crippen LogP contribution in [0.15, 0.2) is 12.1 Å². The monoisotopic (exact) mass is 250 g/mol. The summed E-state index contributed by atoms with van der Waals surface area (Å²) < 4.78 is 5.01.